The largest absolute Gasteiger partial charge is 0.497 e. The average molecular weight is 489 g/mol. The van der Waals surface area contributed by atoms with Gasteiger partial charge in [-0.25, -0.2) is 9.59 Å². The third-order valence-corrected chi connectivity index (χ3v) is 5.68. The van der Waals surface area contributed by atoms with Crippen LogP contribution in [0.1, 0.15) is 13.8 Å². The summed E-state index contributed by atoms with van der Waals surface area (Å²) in [6.07, 6.45) is -1.19. The molecule has 0 bridgehead atoms. The van der Waals surface area contributed by atoms with Gasteiger partial charge in [0.1, 0.15) is 23.0 Å². The molecule has 4 aromatic rings. The van der Waals surface area contributed by atoms with Crippen LogP contribution in [-0.2, 0) is 0 Å². The second-order valence-corrected chi connectivity index (χ2v) is 7.89. The second kappa shape index (κ2) is 10.9. The van der Waals surface area contributed by atoms with Crippen molar-refractivity contribution in [3.05, 3.63) is 60.7 Å². The Morgan fingerprint density at radius 2 is 1.03 bits per heavy atom. The molecule has 4 rings (SSSR count). The van der Waals surface area contributed by atoms with Gasteiger partial charge in [-0.1, -0.05) is 24.3 Å². The standard InChI is InChI=1S/C28H28N2O6/c1-5-29-27(31)35-23-13-9-17-7-11-19(33-3)15-21(17)25(23)26-22-16-20(34-4)12-8-18(22)10-14-24(26)36-28(32)30-6-2/h7-16H,5-6H2,1-4H3,(H,29,31)(H,30,32). The predicted octanol–water partition coefficient (Wildman–Crippen LogP) is 5.89. The highest BCUT2D eigenvalue weighted by molar-refractivity contribution is 6.11. The average Bonchev–Trinajstić information content (AvgIpc) is 2.88. The zero-order valence-corrected chi connectivity index (χ0v) is 20.6. The van der Waals surface area contributed by atoms with Gasteiger partial charge in [-0.05, 0) is 71.8 Å². The number of hydrogen-bond donors (Lipinski definition) is 2. The van der Waals surface area contributed by atoms with E-state index >= 15 is 0 Å². The van der Waals surface area contributed by atoms with Crippen molar-refractivity contribution in [2.75, 3.05) is 27.3 Å². The zero-order chi connectivity index (χ0) is 25.7. The molecular formula is C28H28N2O6. The van der Waals surface area contributed by atoms with Gasteiger partial charge in [-0.3, -0.25) is 0 Å². The van der Waals surface area contributed by atoms with Gasteiger partial charge in [-0.2, -0.15) is 0 Å². The van der Waals surface area contributed by atoms with Crippen molar-refractivity contribution in [3.63, 3.8) is 0 Å². The van der Waals surface area contributed by atoms with Gasteiger partial charge in [-0.15, -0.1) is 0 Å². The fraction of sp³-hybridized carbons (Fsp3) is 0.214. The Balaban J connectivity index is 2.10. The summed E-state index contributed by atoms with van der Waals surface area (Å²) in [7, 11) is 3.17. The van der Waals surface area contributed by atoms with Gasteiger partial charge in [0.25, 0.3) is 0 Å². The highest BCUT2D eigenvalue weighted by atomic mass is 16.6. The summed E-state index contributed by atoms with van der Waals surface area (Å²) in [5, 5.41) is 8.61. The van der Waals surface area contributed by atoms with Crippen LogP contribution < -0.4 is 29.6 Å². The number of carbonyl (C=O) groups is 2. The first-order valence-electron chi connectivity index (χ1n) is 11.6. The molecule has 0 aliphatic heterocycles. The molecule has 186 valence electrons. The van der Waals surface area contributed by atoms with Crippen LogP contribution in [0.15, 0.2) is 60.7 Å². The van der Waals surface area contributed by atoms with Crippen LogP contribution in [0.2, 0.25) is 0 Å². The quantitative estimate of drug-likeness (QED) is 0.337. The van der Waals surface area contributed by atoms with Crippen LogP contribution in [0.3, 0.4) is 0 Å². The fourth-order valence-corrected chi connectivity index (χ4v) is 4.06. The Bertz CT molecular complexity index is 1320. The molecule has 0 heterocycles. The first kappa shape index (κ1) is 24.7. The van der Waals surface area contributed by atoms with Crippen LogP contribution in [-0.4, -0.2) is 39.5 Å². The summed E-state index contributed by atoms with van der Waals surface area (Å²) in [4.78, 5) is 25.0. The maximum Gasteiger partial charge on any atom is 0.412 e. The van der Waals surface area contributed by atoms with E-state index in [1.54, 1.807) is 26.4 Å². The van der Waals surface area contributed by atoms with E-state index < -0.39 is 12.2 Å². The predicted molar refractivity (Wildman–Crippen MR) is 139 cm³/mol. The van der Waals surface area contributed by atoms with Crippen LogP contribution in [0, 0.1) is 0 Å². The number of hydrogen-bond acceptors (Lipinski definition) is 6. The third kappa shape index (κ3) is 4.98. The Labute approximate surface area is 209 Å². The molecule has 36 heavy (non-hydrogen) atoms. The number of benzene rings is 4. The summed E-state index contributed by atoms with van der Waals surface area (Å²) < 4.78 is 22.5. The molecule has 0 aromatic heterocycles. The molecule has 0 saturated heterocycles. The normalized spacial score (nSPS) is 10.7. The Kier molecular flexibility index (Phi) is 7.44. The molecule has 0 fully saturated rings. The third-order valence-electron chi connectivity index (χ3n) is 5.68. The Morgan fingerprint density at radius 1 is 0.639 bits per heavy atom. The molecule has 2 amide bonds. The van der Waals surface area contributed by atoms with Crippen LogP contribution in [0.4, 0.5) is 9.59 Å². The van der Waals surface area contributed by atoms with E-state index in [0.29, 0.717) is 47.2 Å². The summed E-state index contributed by atoms with van der Waals surface area (Å²) in [6, 6.07) is 18.5. The number of nitrogens with one attached hydrogen (secondary N) is 2. The molecule has 0 aliphatic rings. The lowest BCUT2D eigenvalue weighted by Crippen LogP contribution is -2.27. The molecule has 0 spiro atoms. The molecule has 0 atom stereocenters. The van der Waals surface area contributed by atoms with Crippen LogP contribution in [0.25, 0.3) is 32.7 Å². The van der Waals surface area contributed by atoms with E-state index in [2.05, 4.69) is 10.6 Å². The van der Waals surface area contributed by atoms with Gasteiger partial charge in [0.2, 0.25) is 0 Å². The van der Waals surface area contributed by atoms with E-state index in [1.807, 2.05) is 62.4 Å². The van der Waals surface area contributed by atoms with E-state index in [0.717, 1.165) is 21.5 Å². The molecule has 0 unspecified atom stereocenters. The number of fused-ring (bicyclic) bond motifs is 2. The van der Waals surface area contributed by atoms with Crippen molar-refractivity contribution < 1.29 is 28.5 Å². The molecule has 8 nitrogen and oxygen atoms in total. The fourth-order valence-electron chi connectivity index (χ4n) is 4.06. The maximum atomic E-state index is 12.5. The number of carbonyl (C=O) groups excluding carboxylic acids is 2. The van der Waals surface area contributed by atoms with Gasteiger partial charge in [0, 0.05) is 24.2 Å². The first-order chi connectivity index (χ1) is 17.5. The van der Waals surface area contributed by atoms with Crippen molar-refractivity contribution in [1.82, 2.24) is 10.6 Å². The number of rotatable bonds is 7. The molecule has 0 radical (unpaired) electrons. The van der Waals surface area contributed by atoms with Crippen molar-refractivity contribution >= 4 is 33.7 Å². The number of amides is 2. The molecule has 4 aromatic carbocycles. The molecule has 8 heteroatoms. The van der Waals surface area contributed by atoms with E-state index in [1.165, 1.54) is 0 Å². The van der Waals surface area contributed by atoms with Crippen molar-refractivity contribution in [2.45, 2.75) is 13.8 Å². The minimum Gasteiger partial charge on any atom is -0.497 e. The van der Waals surface area contributed by atoms with E-state index in [-0.39, 0.29) is 0 Å². The lowest BCUT2D eigenvalue weighted by molar-refractivity contribution is 0.199. The molecule has 0 aliphatic carbocycles. The topological polar surface area (TPSA) is 95.1 Å². The van der Waals surface area contributed by atoms with E-state index in [4.69, 9.17) is 18.9 Å². The van der Waals surface area contributed by atoms with Crippen LogP contribution in [0.5, 0.6) is 23.0 Å². The first-order valence-corrected chi connectivity index (χ1v) is 11.6. The van der Waals surface area contributed by atoms with Gasteiger partial charge in [0.05, 0.1) is 14.2 Å². The number of ether oxygens (including phenoxy) is 4. The maximum absolute atomic E-state index is 12.5. The Morgan fingerprint density at radius 3 is 1.39 bits per heavy atom. The smallest absolute Gasteiger partial charge is 0.412 e. The summed E-state index contributed by atoms with van der Waals surface area (Å²) in [5.74, 6) is 1.86. The van der Waals surface area contributed by atoms with Crippen molar-refractivity contribution in [2.24, 2.45) is 0 Å². The highest BCUT2D eigenvalue weighted by Gasteiger charge is 2.22. The highest BCUT2D eigenvalue weighted by Crippen LogP contribution is 2.47. The summed E-state index contributed by atoms with van der Waals surface area (Å²) >= 11 is 0. The van der Waals surface area contributed by atoms with Gasteiger partial charge < -0.3 is 29.6 Å². The summed E-state index contributed by atoms with van der Waals surface area (Å²) in [6.45, 7) is 4.44. The lowest BCUT2D eigenvalue weighted by atomic mass is 9.92. The molecule has 2 N–H and O–H groups in total. The van der Waals surface area contributed by atoms with Crippen LogP contribution >= 0.6 is 0 Å². The lowest BCUT2D eigenvalue weighted by Gasteiger charge is -2.19. The van der Waals surface area contributed by atoms with Crippen molar-refractivity contribution in [3.8, 4) is 34.1 Å². The molecular weight excluding hydrogens is 460 g/mol. The monoisotopic (exact) mass is 488 g/mol. The molecule has 0 saturated carbocycles. The zero-order valence-electron chi connectivity index (χ0n) is 20.6. The number of methoxy groups -OCH3 is 2. The van der Waals surface area contributed by atoms with E-state index in [9.17, 15) is 9.59 Å². The SMILES string of the molecule is CCNC(=O)Oc1ccc2ccc(OC)cc2c1-c1c(OC(=O)NCC)ccc2ccc(OC)cc12. The second-order valence-electron chi connectivity index (χ2n) is 7.89. The van der Waals surface area contributed by atoms with Crippen molar-refractivity contribution in [1.29, 1.82) is 0 Å². The minimum absolute atomic E-state index is 0.303. The summed E-state index contributed by atoms with van der Waals surface area (Å²) in [5.41, 5.74) is 1.16. The van der Waals surface area contributed by atoms with Gasteiger partial charge in [0.15, 0.2) is 0 Å². The Hall–Kier alpha value is -4.46. The minimum atomic E-state index is -0.593. The van der Waals surface area contributed by atoms with Gasteiger partial charge >= 0.3 is 12.2 Å².